The van der Waals surface area contributed by atoms with Crippen molar-refractivity contribution < 1.29 is 19.1 Å². The molecule has 0 bridgehead atoms. The molecular formula is C20H24N2O4. The molecule has 2 N–H and O–H groups in total. The van der Waals surface area contributed by atoms with E-state index in [9.17, 15) is 9.59 Å². The first kappa shape index (κ1) is 19.5. The average molecular weight is 356 g/mol. The molecular weight excluding hydrogens is 332 g/mol. The van der Waals surface area contributed by atoms with Crippen molar-refractivity contribution in [2.24, 2.45) is 0 Å². The van der Waals surface area contributed by atoms with Gasteiger partial charge in [0, 0.05) is 25.3 Å². The molecule has 0 aliphatic rings. The Kier molecular flexibility index (Phi) is 8.15. The first-order chi connectivity index (χ1) is 12.7. The highest BCUT2D eigenvalue weighted by molar-refractivity contribution is 5.96. The molecule has 0 unspecified atom stereocenters. The summed E-state index contributed by atoms with van der Waals surface area (Å²) in [5.41, 5.74) is 0.467. The first-order valence-electron chi connectivity index (χ1n) is 8.64. The van der Waals surface area contributed by atoms with Crippen molar-refractivity contribution in [3.8, 4) is 11.5 Å². The predicted molar refractivity (Wildman–Crippen MR) is 99.4 cm³/mol. The quantitative estimate of drug-likeness (QED) is 0.642. The molecule has 2 aromatic rings. The zero-order valence-electron chi connectivity index (χ0n) is 14.9. The lowest BCUT2D eigenvalue weighted by molar-refractivity contribution is -0.120. The van der Waals surface area contributed by atoms with E-state index in [4.69, 9.17) is 9.47 Å². The molecule has 0 aromatic heterocycles. The number of carbonyl (C=O) groups excluding carboxylic acids is 2. The van der Waals surface area contributed by atoms with E-state index in [1.165, 1.54) is 0 Å². The second-order valence-electron chi connectivity index (χ2n) is 5.52. The molecule has 0 fully saturated rings. The standard InChI is InChI=1S/C20H24N2O4/c1-2-25-14-6-13-21-19(23)15-22-20(24)16-9-11-18(12-10-16)26-17-7-4-3-5-8-17/h3-5,7-12H,2,6,13-15H2,1H3,(H,21,23)(H,22,24). The maximum Gasteiger partial charge on any atom is 0.251 e. The summed E-state index contributed by atoms with van der Waals surface area (Å²) in [6.07, 6.45) is 0.746. The molecule has 0 aliphatic heterocycles. The topological polar surface area (TPSA) is 76.7 Å². The molecule has 0 radical (unpaired) electrons. The molecule has 6 nitrogen and oxygen atoms in total. The van der Waals surface area contributed by atoms with E-state index in [-0.39, 0.29) is 18.4 Å². The van der Waals surface area contributed by atoms with Gasteiger partial charge in [0.2, 0.25) is 5.91 Å². The number of rotatable bonds is 10. The Labute approximate surface area is 153 Å². The minimum absolute atomic E-state index is 0.0598. The van der Waals surface area contributed by atoms with Crippen LogP contribution in [0.25, 0.3) is 0 Å². The maximum absolute atomic E-state index is 12.1. The summed E-state index contributed by atoms with van der Waals surface area (Å²) < 4.78 is 10.9. The minimum Gasteiger partial charge on any atom is -0.457 e. The van der Waals surface area contributed by atoms with Crippen molar-refractivity contribution in [3.05, 3.63) is 60.2 Å². The molecule has 0 saturated heterocycles. The van der Waals surface area contributed by atoms with Gasteiger partial charge in [0.1, 0.15) is 11.5 Å². The highest BCUT2D eigenvalue weighted by Crippen LogP contribution is 2.20. The lowest BCUT2D eigenvalue weighted by atomic mass is 10.2. The zero-order chi connectivity index (χ0) is 18.6. The van der Waals surface area contributed by atoms with Crippen molar-refractivity contribution in [1.82, 2.24) is 10.6 Å². The summed E-state index contributed by atoms with van der Waals surface area (Å²) in [5, 5.41) is 5.33. The van der Waals surface area contributed by atoms with Crippen LogP contribution in [0, 0.1) is 0 Å². The highest BCUT2D eigenvalue weighted by atomic mass is 16.5. The van der Waals surface area contributed by atoms with Crippen molar-refractivity contribution in [3.63, 3.8) is 0 Å². The molecule has 0 saturated carbocycles. The number of nitrogens with one attached hydrogen (secondary N) is 2. The molecule has 0 aliphatic carbocycles. The summed E-state index contributed by atoms with van der Waals surface area (Å²) in [4.78, 5) is 23.8. The summed E-state index contributed by atoms with van der Waals surface area (Å²) >= 11 is 0. The van der Waals surface area contributed by atoms with Gasteiger partial charge in [-0.05, 0) is 49.7 Å². The minimum atomic E-state index is -0.305. The van der Waals surface area contributed by atoms with Crippen LogP contribution < -0.4 is 15.4 Å². The lowest BCUT2D eigenvalue weighted by Gasteiger charge is -2.08. The van der Waals surface area contributed by atoms with Crippen molar-refractivity contribution in [1.29, 1.82) is 0 Å². The largest absolute Gasteiger partial charge is 0.457 e. The third-order valence-electron chi connectivity index (χ3n) is 3.50. The van der Waals surface area contributed by atoms with E-state index in [0.29, 0.717) is 31.1 Å². The monoisotopic (exact) mass is 356 g/mol. The fraction of sp³-hybridized carbons (Fsp3) is 0.300. The van der Waals surface area contributed by atoms with Gasteiger partial charge in [0.15, 0.2) is 0 Å². The van der Waals surface area contributed by atoms with Gasteiger partial charge in [-0.15, -0.1) is 0 Å². The molecule has 0 atom stereocenters. The van der Waals surface area contributed by atoms with Crippen LogP contribution >= 0.6 is 0 Å². The normalized spacial score (nSPS) is 10.2. The Bertz CT molecular complexity index is 687. The molecule has 2 amide bonds. The number of ether oxygens (including phenoxy) is 2. The van der Waals surface area contributed by atoms with Crippen LogP contribution in [0.3, 0.4) is 0 Å². The molecule has 138 valence electrons. The third-order valence-corrected chi connectivity index (χ3v) is 3.50. The van der Waals surface area contributed by atoms with E-state index >= 15 is 0 Å². The van der Waals surface area contributed by atoms with E-state index in [2.05, 4.69) is 10.6 Å². The van der Waals surface area contributed by atoms with Crippen LogP contribution in [-0.4, -0.2) is 38.1 Å². The average Bonchev–Trinajstić information content (AvgIpc) is 2.67. The Morgan fingerprint density at radius 3 is 2.31 bits per heavy atom. The maximum atomic E-state index is 12.1. The Balaban J connectivity index is 1.73. The van der Waals surface area contributed by atoms with Crippen LogP contribution in [0.1, 0.15) is 23.7 Å². The van der Waals surface area contributed by atoms with E-state index in [1.807, 2.05) is 37.3 Å². The van der Waals surface area contributed by atoms with Crippen molar-refractivity contribution >= 4 is 11.8 Å². The zero-order valence-corrected chi connectivity index (χ0v) is 14.9. The highest BCUT2D eigenvalue weighted by Gasteiger charge is 2.08. The summed E-state index contributed by atoms with van der Waals surface area (Å²) in [7, 11) is 0. The SMILES string of the molecule is CCOCCCNC(=O)CNC(=O)c1ccc(Oc2ccccc2)cc1. The van der Waals surface area contributed by atoms with E-state index in [1.54, 1.807) is 24.3 Å². The van der Waals surface area contributed by atoms with Crippen LogP contribution in [0.2, 0.25) is 0 Å². The molecule has 0 heterocycles. The van der Waals surface area contributed by atoms with Gasteiger partial charge < -0.3 is 20.1 Å². The third kappa shape index (κ3) is 6.94. The summed E-state index contributed by atoms with van der Waals surface area (Å²) in [5.74, 6) is 0.838. The van der Waals surface area contributed by atoms with Crippen LogP contribution in [0.15, 0.2) is 54.6 Å². The van der Waals surface area contributed by atoms with Gasteiger partial charge in [-0.2, -0.15) is 0 Å². The first-order valence-corrected chi connectivity index (χ1v) is 8.64. The van der Waals surface area contributed by atoms with Gasteiger partial charge >= 0.3 is 0 Å². The van der Waals surface area contributed by atoms with Crippen LogP contribution in [0.5, 0.6) is 11.5 Å². The number of hydrogen-bond donors (Lipinski definition) is 2. The van der Waals surface area contributed by atoms with Gasteiger partial charge in [0.25, 0.3) is 5.91 Å². The number of amides is 2. The van der Waals surface area contributed by atoms with Crippen LogP contribution in [-0.2, 0) is 9.53 Å². The fourth-order valence-corrected chi connectivity index (χ4v) is 2.17. The van der Waals surface area contributed by atoms with Crippen molar-refractivity contribution in [2.75, 3.05) is 26.3 Å². The Morgan fingerprint density at radius 1 is 0.923 bits per heavy atom. The number of para-hydroxylation sites is 1. The van der Waals surface area contributed by atoms with Gasteiger partial charge in [-0.3, -0.25) is 9.59 Å². The molecule has 2 aromatic carbocycles. The second-order valence-corrected chi connectivity index (χ2v) is 5.52. The molecule has 6 heteroatoms. The summed E-state index contributed by atoms with van der Waals surface area (Å²) in [6, 6.07) is 16.2. The Morgan fingerprint density at radius 2 is 1.62 bits per heavy atom. The van der Waals surface area contributed by atoms with Gasteiger partial charge in [-0.1, -0.05) is 18.2 Å². The van der Waals surface area contributed by atoms with Crippen LogP contribution in [0.4, 0.5) is 0 Å². The van der Waals surface area contributed by atoms with E-state index < -0.39 is 0 Å². The fourth-order valence-electron chi connectivity index (χ4n) is 2.17. The molecule has 2 rings (SSSR count). The van der Waals surface area contributed by atoms with Gasteiger partial charge in [0.05, 0.1) is 6.54 Å². The Hall–Kier alpha value is -2.86. The van der Waals surface area contributed by atoms with Crippen molar-refractivity contribution in [2.45, 2.75) is 13.3 Å². The molecule has 0 spiro atoms. The number of benzene rings is 2. The molecule has 26 heavy (non-hydrogen) atoms. The predicted octanol–water partition coefficient (Wildman–Crippen LogP) is 2.75. The van der Waals surface area contributed by atoms with Gasteiger partial charge in [-0.25, -0.2) is 0 Å². The smallest absolute Gasteiger partial charge is 0.251 e. The lowest BCUT2D eigenvalue weighted by Crippen LogP contribution is -2.37. The van der Waals surface area contributed by atoms with E-state index in [0.717, 1.165) is 12.2 Å². The second kappa shape index (κ2) is 10.9. The number of hydrogen-bond acceptors (Lipinski definition) is 4. The summed E-state index contributed by atoms with van der Waals surface area (Å²) in [6.45, 7) is 3.67. The number of carbonyl (C=O) groups is 2.